The Morgan fingerprint density at radius 2 is 2.07 bits per heavy atom. The third-order valence-electron chi connectivity index (χ3n) is 3.77. The van der Waals surface area contributed by atoms with Crippen LogP contribution >= 0.6 is 11.3 Å². The summed E-state index contributed by atoms with van der Waals surface area (Å²) in [7, 11) is 0. The van der Waals surface area contributed by atoms with Crippen LogP contribution in [0.5, 0.6) is 5.75 Å². The van der Waals surface area contributed by atoms with E-state index in [1.165, 1.54) is 41.1 Å². The summed E-state index contributed by atoms with van der Waals surface area (Å²) in [6.45, 7) is 1.95. The predicted molar refractivity (Wildman–Crippen MR) is 101 cm³/mol. The van der Waals surface area contributed by atoms with E-state index in [1.54, 1.807) is 18.2 Å². The first kappa shape index (κ1) is 18.8. The number of hydrogen-bond donors (Lipinski definition) is 1. The molecule has 140 valence electrons. The van der Waals surface area contributed by atoms with Crippen LogP contribution in [0.15, 0.2) is 58.7 Å². The summed E-state index contributed by atoms with van der Waals surface area (Å²) >= 11 is 1.53. The van der Waals surface area contributed by atoms with Gasteiger partial charge in [-0.1, -0.05) is 18.2 Å². The fourth-order valence-electron chi connectivity index (χ4n) is 2.38. The molecule has 0 bridgehead atoms. The summed E-state index contributed by atoms with van der Waals surface area (Å²) in [6, 6.07) is 12.8. The maximum Gasteiger partial charge on any atom is 0.266 e. The van der Waals surface area contributed by atoms with Crippen LogP contribution in [-0.2, 0) is 11.3 Å². The molecule has 6 nitrogen and oxygen atoms in total. The lowest BCUT2D eigenvalue weighted by atomic mass is 10.3. The average molecular weight is 387 g/mol. The highest BCUT2D eigenvalue weighted by Crippen LogP contribution is 2.21. The molecule has 0 unspecified atom stereocenters. The second-order valence-corrected chi connectivity index (χ2v) is 6.69. The Kier molecular flexibility index (Phi) is 5.97. The molecule has 8 heteroatoms. The minimum atomic E-state index is -0.871. The van der Waals surface area contributed by atoms with Crippen LogP contribution in [0.4, 0.5) is 4.39 Å². The molecule has 0 radical (unpaired) electrons. The summed E-state index contributed by atoms with van der Waals surface area (Å²) in [5.74, 6) is -0.916. The van der Waals surface area contributed by atoms with Crippen LogP contribution in [0.3, 0.4) is 0 Å². The fraction of sp³-hybridized carbons (Fsp3) is 0.211. The molecule has 2 aromatic heterocycles. The number of hydrogen-bond acceptors (Lipinski definition) is 5. The van der Waals surface area contributed by atoms with Gasteiger partial charge in [-0.15, -0.1) is 11.3 Å². The minimum Gasteiger partial charge on any atom is -0.478 e. The van der Waals surface area contributed by atoms with Crippen molar-refractivity contribution in [3.63, 3.8) is 0 Å². The van der Waals surface area contributed by atoms with Crippen molar-refractivity contribution in [1.29, 1.82) is 0 Å². The molecular formula is C19H18FN3O3S. The van der Waals surface area contributed by atoms with Gasteiger partial charge in [-0.25, -0.2) is 9.07 Å². The predicted octanol–water partition coefficient (Wildman–Crippen LogP) is 2.69. The number of amides is 1. The second-order valence-electron chi connectivity index (χ2n) is 5.74. The standard InChI is InChI=1S/C19H18FN3O3S/c1-13(26-16-6-3-2-5-14(16)20)19(25)21-10-11-23-18(24)9-8-15(22-23)17-7-4-12-27-17/h2-9,12-13H,10-11H2,1H3,(H,21,25)/t13-/m1/s1. The Hall–Kier alpha value is -3.00. The fourth-order valence-corrected chi connectivity index (χ4v) is 3.07. The first-order valence-electron chi connectivity index (χ1n) is 8.35. The Balaban J connectivity index is 1.56. The Morgan fingerprint density at radius 1 is 1.26 bits per heavy atom. The van der Waals surface area contributed by atoms with Crippen LogP contribution in [0.25, 0.3) is 10.6 Å². The van der Waals surface area contributed by atoms with Crippen molar-refractivity contribution < 1.29 is 13.9 Å². The molecule has 1 N–H and O–H groups in total. The van der Waals surface area contributed by atoms with E-state index >= 15 is 0 Å². The summed E-state index contributed by atoms with van der Waals surface area (Å²) in [5.41, 5.74) is 0.451. The number of nitrogens with one attached hydrogen (secondary N) is 1. The molecule has 2 heterocycles. The Morgan fingerprint density at radius 3 is 2.81 bits per heavy atom. The molecule has 0 aliphatic rings. The van der Waals surface area contributed by atoms with Crippen molar-refractivity contribution in [1.82, 2.24) is 15.1 Å². The van der Waals surface area contributed by atoms with E-state index in [2.05, 4.69) is 10.4 Å². The van der Waals surface area contributed by atoms with Gasteiger partial charge in [-0.2, -0.15) is 5.10 Å². The molecule has 3 aromatic rings. The monoisotopic (exact) mass is 387 g/mol. The molecule has 0 saturated carbocycles. The number of benzene rings is 1. The summed E-state index contributed by atoms with van der Waals surface area (Å²) < 4.78 is 20.2. The van der Waals surface area contributed by atoms with Gasteiger partial charge in [0.1, 0.15) is 5.69 Å². The maximum atomic E-state index is 13.6. The maximum absolute atomic E-state index is 13.6. The first-order valence-corrected chi connectivity index (χ1v) is 9.23. The van der Waals surface area contributed by atoms with Crippen molar-refractivity contribution >= 4 is 17.2 Å². The van der Waals surface area contributed by atoms with Gasteiger partial charge in [0.2, 0.25) is 0 Å². The second kappa shape index (κ2) is 8.59. The van der Waals surface area contributed by atoms with Crippen molar-refractivity contribution in [3.8, 4) is 16.3 Å². The quantitative estimate of drug-likeness (QED) is 0.677. The van der Waals surface area contributed by atoms with E-state index in [1.807, 2.05) is 17.5 Å². The average Bonchev–Trinajstić information content (AvgIpc) is 3.19. The van der Waals surface area contributed by atoms with Crippen LogP contribution in [0.2, 0.25) is 0 Å². The number of carbonyl (C=O) groups is 1. The Labute approximate surface area is 159 Å². The molecule has 0 spiro atoms. The SMILES string of the molecule is C[C@@H](Oc1ccccc1F)C(=O)NCCn1nc(-c2cccs2)ccc1=O. The van der Waals surface area contributed by atoms with Gasteiger partial charge in [0.15, 0.2) is 17.7 Å². The number of para-hydroxylation sites is 1. The Bertz CT molecular complexity index is 972. The molecule has 1 aromatic carbocycles. The molecule has 0 fully saturated rings. The topological polar surface area (TPSA) is 73.2 Å². The number of nitrogens with zero attached hydrogens (tertiary/aromatic N) is 2. The lowest BCUT2D eigenvalue weighted by Gasteiger charge is -2.15. The van der Waals surface area contributed by atoms with Crippen LogP contribution in [0.1, 0.15) is 6.92 Å². The van der Waals surface area contributed by atoms with Crippen LogP contribution < -0.4 is 15.6 Å². The van der Waals surface area contributed by atoms with E-state index in [0.29, 0.717) is 5.69 Å². The smallest absolute Gasteiger partial charge is 0.266 e. The van der Waals surface area contributed by atoms with E-state index in [0.717, 1.165) is 4.88 Å². The van der Waals surface area contributed by atoms with Crippen LogP contribution in [-0.4, -0.2) is 28.3 Å². The van der Waals surface area contributed by atoms with Crippen molar-refractivity contribution in [3.05, 3.63) is 70.1 Å². The summed E-state index contributed by atoms with van der Waals surface area (Å²) in [6.07, 6.45) is -0.871. The zero-order valence-electron chi connectivity index (χ0n) is 14.6. The lowest BCUT2D eigenvalue weighted by molar-refractivity contribution is -0.127. The molecule has 1 amide bonds. The van der Waals surface area contributed by atoms with Gasteiger partial charge in [0.25, 0.3) is 11.5 Å². The van der Waals surface area contributed by atoms with E-state index in [4.69, 9.17) is 4.74 Å². The minimum absolute atomic E-state index is 0.0154. The van der Waals surface area contributed by atoms with E-state index in [-0.39, 0.29) is 24.4 Å². The normalized spacial score (nSPS) is 11.8. The third kappa shape index (κ3) is 4.79. The zero-order valence-corrected chi connectivity index (χ0v) is 15.4. The van der Waals surface area contributed by atoms with Gasteiger partial charge < -0.3 is 10.1 Å². The van der Waals surface area contributed by atoms with Crippen LogP contribution in [0, 0.1) is 5.82 Å². The van der Waals surface area contributed by atoms with Gasteiger partial charge in [0, 0.05) is 12.6 Å². The number of aromatic nitrogens is 2. The number of halogens is 1. The number of thiophene rings is 1. The van der Waals surface area contributed by atoms with Gasteiger partial charge >= 0.3 is 0 Å². The highest BCUT2D eigenvalue weighted by atomic mass is 32.1. The number of ether oxygens (including phenoxy) is 1. The highest BCUT2D eigenvalue weighted by Gasteiger charge is 2.16. The summed E-state index contributed by atoms with van der Waals surface area (Å²) in [4.78, 5) is 25.0. The first-order chi connectivity index (χ1) is 13.0. The van der Waals surface area contributed by atoms with E-state index < -0.39 is 17.8 Å². The van der Waals surface area contributed by atoms with Gasteiger partial charge in [-0.3, -0.25) is 9.59 Å². The zero-order chi connectivity index (χ0) is 19.2. The van der Waals surface area contributed by atoms with Crippen molar-refractivity contribution in [2.75, 3.05) is 6.54 Å². The number of rotatable bonds is 7. The van der Waals surface area contributed by atoms with Gasteiger partial charge in [0.05, 0.1) is 11.4 Å². The third-order valence-corrected chi connectivity index (χ3v) is 4.67. The highest BCUT2D eigenvalue weighted by molar-refractivity contribution is 7.13. The lowest BCUT2D eigenvalue weighted by Crippen LogP contribution is -2.39. The largest absolute Gasteiger partial charge is 0.478 e. The molecule has 0 aliphatic carbocycles. The molecular weight excluding hydrogens is 369 g/mol. The molecule has 1 atom stereocenters. The van der Waals surface area contributed by atoms with Gasteiger partial charge in [-0.05, 0) is 36.6 Å². The van der Waals surface area contributed by atoms with Crippen molar-refractivity contribution in [2.45, 2.75) is 19.6 Å². The van der Waals surface area contributed by atoms with Crippen molar-refractivity contribution in [2.24, 2.45) is 0 Å². The summed E-state index contributed by atoms with van der Waals surface area (Å²) in [5, 5.41) is 8.92. The molecule has 0 aliphatic heterocycles. The molecule has 0 saturated heterocycles. The van der Waals surface area contributed by atoms with E-state index in [9.17, 15) is 14.0 Å². The molecule has 3 rings (SSSR count). The number of carbonyl (C=O) groups excluding carboxylic acids is 1. The molecule has 27 heavy (non-hydrogen) atoms.